The second kappa shape index (κ2) is 7.38. The first-order valence-corrected chi connectivity index (χ1v) is 10.6. The summed E-state index contributed by atoms with van der Waals surface area (Å²) in [5, 5.41) is 11.5. The first-order chi connectivity index (χ1) is 14.5. The third kappa shape index (κ3) is 3.42. The summed E-state index contributed by atoms with van der Waals surface area (Å²) in [5.74, 6) is 1.80. The molecule has 2 aromatic rings. The molecule has 156 valence electrons. The zero-order valence-electron chi connectivity index (χ0n) is 17.1. The lowest BCUT2D eigenvalue weighted by Crippen LogP contribution is -2.48. The molecule has 2 N–H and O–H groups in total. The maximum Gasteiger partial charge on any atom is 0.337 e. The van der Waals surface area contributed by atoms with Crippen LogP contribution in [0.4, 0.5) is 0 Å². The number of benzene rings is 1. The summed E-state index contributed by atoms with van der Waals surface area (Å²) in [6.07, 6.45) is 9.36. The quantitative estimate of drug-likeness (QED) is 0.452. The van der Waals surface area contributed by atoms with Crippen molar-refractivity contribution in [3.8, 4) is 0 Å². The molecule has 0 unspecified atom stereocenters. The summed E-state index contributed by atoms with van der Waals surface area (Å²) >= 11 is 0. The average Bonchev–Trinajstić information content (AvgIpc) is 3.24. The van der Waals surface area contributed by atoms with Gasteiger partial charge < -0.3 is 4.74 Å². The smallest absolute Gasteiger partial charge is 0.337 e. The molecule has 0 radical (unpaired) electrons. The van der Waals surface area contributed by atoms with Crippen molar-refractivity contribution < 1.29 is 14.3 Å². The molecule has 7 nitrogen and oxygen atoms in total. The van der Waals surface area contributed by atoms with Crippen molar-refractivity contribution in [3.05, 3.63) is 52.8 Å². The highest BCUT2D eigenvalue weighted by molar-refractivity contribution is 5.93. The van der Waals surface area contributed by atoms with Crippen LogP contribution in [0.2, 0.25) is 0 Å². The molecular formula is C23H26N4O3. The maximum absolute atomic E-state index is 12.5. The van der Waals surface area contributed by atoms with Crippen molar-refractivity contribution in [1.29, 1.82) is 0 Å². The van der Waals surface area contributed by atoms with Crippen LogP contribution in [0.3, 0.4) is 0 Å². The molecule has 1 heterocycles. The topological polar surface area (TPSA) is 96.4 Å². The maximum atomic E-state index is 12.5. The molecule has 0 atom stereocenters. The molecule has 4 aliphatic rings. The highest BCUT2D eigenvalue weighted by Gasteiger charge is 2.52. The van der Waals surface area contributed by atoms with Gasteiger partial charge in [0.15, 0.2) is 5.69 Å². The van der Waals surface area contributed by atoms with Crippen LogP contribution in [-0.4, -0.2) is 35.4 Å². The fraction of sp³-hybridized carbons (Fsp3) is 0.478. The number of esters is 1. The van der Waals surface area contributed by atoms with Gasteiger partial charge in [-0.1, -0.05) is 12.1 Å². The lowest BCUT2D eigenvalue weighted by Gasteiger charge is -2.56. The molecule has 1 amide bonds. The number of methoxy groups -OCH3 is 1. The van der Waals surface area contributed by atoms with Crippen LogP contribution < -0.4 is 5.43 Å². The molecule has 4 bridgehead atoms. The Kier molecular flexibility index (Phi) is 4.68. The number of ether oxygens (including phenoxy) is 1. The predicted molar refractivity (Wildman–Crippen MR) is 111 cm³/mol. The summed E-state index contributed by atoms with van der Waals surface area (Å²) in [6, 6.07) is 8.70. The van der Waals surface area contributed by atoms with Crippen molar-refractivity contribution in [2.75, 3.05) is 7.11 Å². The van der Waals surface area contributed by atoms with Crippen molar-refractivity contribution in [2.45, 2.75) is 43.9 Å². The Balaban J connectivity index is 1.23. The normalized spacial score (nSPS) is 29.3. The Morgan fingerprint density at radius 2 is 1.77 bits per heavy atom. The van der Waals surface area contributed by atoms with Crippen LogP contribution in [0.15, 0.2) is 35.4 Å². The van der Waals surface area contributed by atoms with Gasteiger partial charge in [0.1, 0.15) is 0 Å². The lowest BCUT2D eigenvalue weighted by molar-refractivity contribution is -0.00721. The van der Waals surface area contributed by atoms with Crippen LogP contribution in [-0.2, 0) is 10.2 Å². The summed E-state index contributed by atoms with van der Waals surface area (Å²) in [5.41, 5.74) is 5.45. The minimum absolute atomic E-state index is 0.185. The predicted octanol–water partition coefficient (Wildman–Crippen LogP) is 3.43. The first-order valence-electron chi connectivity index (χ1n) is 10.6. The molecule has 0 spiro atoms. The number of H-pyrrole nitrogens is 1. The number of nitrogens with zero attached hydrogens (tertiary/aromatic N) is 2. The van der Waals surface area contributed by atoms with Gasteiger partial charge in [-0.2, -0.15) is 10.2 Å². The molecule has 6 rings (SSSR count). The first kappa shape index (κ1) is 19.0. The van der Waals surface area contributed by atoms with Gasteiger partial charge in [-0.05, 0) is 80.0 Å². The van der Waals surface area contributed by atoms with Gasteiger partial charge in [-0.25, -0.2) is 10.2 Å². The summed E-state index contributed by atoms with van der Waals surface area (Å²) in [4.78, 5) is 24.0. The fourth-order valence-corrected chi connectivity index (χ4v) is 6.20. The zero-order chi connectivity index (χ0) is 20.7. The van der Waals surface area contributed by atoms with E-state index in [4.69, 9.17) is 0 Å². The molecule has 4 aliphatic carbocycles. The molecule has 7 heteroatoms. The number of hydrogen-bond acceptors (Lipinski definition) is 5. The van der Waals surface area contributed by atoms with Crippen LogP contribution in [0.25, 0.3) is 0 Å². The molecule has 1 aromatic heterocycles. The van der Waals surface area contributed by atoms with Gasteiger partial charge >= 0.3 is 5.97 Å². The third-order valence-corrected chi connectivity index (χ3v) is 7.13. The standard InChI is InChI=1S/C23H26N4O3/c1-30-22(29)18-4-2-14(3-5-18)13-24-27-21(28)19-9-20(26-25-19)23-10-15-6-16(11-23)8-17(7-15)12-23/h2-5,9,13,15-17H,6-8,10-12H2,1H3,(H,25,26)(H,27,28)/b24-13+. The van der Waals surface area contributed by atoms with Crippen molar-refractivity contribution in [1.82, 2.24) is 15.6 Å². The van der Waals surface area contributed by atoms with Gasteiger partial charge in [0, 0.05) is 11.1 Å². The SMILES string of the molecule is COC(=O)c1ccc(/C=N/NC(=O)c2cc(C34CC5CC(CC(C5)C3)C4)[nH]n2)cc1. The summed E-state index contributed by atoms with van der Waals surface area (Å²) in [6.45, 7) is 0. The molecule has 4 saturated carbocycles. The Morgan fingerprint density at radius 3 is 2.37 bits per heavy atom. The Labute approximate surface area is 175 Å². The van der Waals surface area contributed by atoms with Gasteiger partial charge in [0.05, 0.1) is 18.9 Å². The van der Waals surface area contributed by atoms with Crippen LogP contribution in [0.1, 0.15) is 70.6 Å². The number of carbonyl (C=O) groups is 2. The number of rotatable bonds is 5. The van der Waals surface area contributed by atoms with Gasteiger partial charge in [-0.3, -0.25) is 9.89 Å². The molecular weight excluding hydrogens is 380 g/mol. The van der Waals surface area contributed by atoms with E-state index in [9.17, 15) is 9.59 Å². The average molecular weight is 406 g/mol. The van der Waals surface area contributed by atoms with Gasteiger partial charge in [0.2, 0.25) is 0 Å². The summed E-state index contributed by atoms with van der Waals surface area (Å²) in [7, 11) is 1.34. The number of aromatic nitrogens is 2. The van der Waals surface area contributed by atoms with Crippen LogP contribution in [0, 0.1) is 17.8 Å². The number of aromatic amines is 1. The number of carbonyl (C=O) groups excluding carboxylic acids is 2. The van der Waals surface area contributed by atoms with E-state index in [-0.39, 0.29) is 17.3 Å². The third-order valence-electron chi connectivity index (χ3n) is 7.13. The fourth-order valence-electron chi connectivity index (χ4n) is 6.20. The second-order valence-corrected chi connectivity index (χ2v) is 9.18. The highest BCUT2D eigenvalue weighted by Crippen LogP contribution is 2.60. The molecule has 1 aromatic carbocycles. The van der Waals surface area contributed by atoms with Gasteiger partial charge in [-0.15, -0.1) is 0 Å². The number of amides is 1. The van der Waals surface area contributed by atoms with Crippen LogP contribution in [0.5, 0.6) is 0 Å². The minimum Gasteiger partial charge on any atom is -0.465 e. The van der Waals surface area contributed by atoms with E-state index in [2.05, 4.69) is 25.5 Å². The Morgan fingerprint density at radius 1 is 1.13 bits per heavy atom. The number of nitrogens with one attached hydrogen (secondary N) is 2. The molecule has 30 heavy (non-hydrogen) atoms. The van der Waals surface area contributed by atoms with E-state index in [1.165, 1.54) is 51.8 Å². The Hall–Kier alpha value is -2.96. The van der Waals surface area contributed by atoms with E-state index in [0.29, 0.717) is 11.3 Å². The van der Waals surface area contributed by atoms with Crippen molar-refractivity contribution in [2.24, 2.45) is 22.9 Å². The van der Waals surface area contributed by atoms with E-state index in [1.54, 1.807) is 24.3 Å². The zero-order valence-corrected chi connectivity index (χ0v) is 17.1. The van der Waals surface area contributed by atoms with Crippen LogP contribution >= 0.6 is 0 Å². The van der Waals surface area contributed by atoms with E-state index < -0.39 is 0 Å². The number of hydrazone groups is 1. The number of hydrogen-bond donors (Lipinski definition) is 2. The summed E-state index contributed by atoms with van der Waals surface area (Å²) < 4.78 is 4.68. The largest absolute Gasteiger partial charge is 0.465 e. The van der Waals surface area contributed by atoms with Gasteiger partial charge in [0.25, 0.3) is 5.91 Å². The van der Waals surface area contributed by atoms with E-state index >= 15 is 0 Å². The second-order valence-electron chi connectivity index (χ2n) is 9.18. The van der Waals surface area contributed by atoms with E-state index in [1.807, 2.05) is 6.07 Å². The lowest BCUT2D eigenvalue weighted by atomic mass is 9.49. The molecule has 4 fully saturated rings. The molecule has 0 aliphatic heterocycles. The monoisotopic (exact) mass is 406 g/mol. The van der Waals surface area contributed by atoms with E-state index in [0.717, 1.165) is 29.0 Å². The van der Waals surface area contributed by atoms with Crippen molar-refractivity contribution >= 4 is 18.1 Å². The molecule has 0 saturated heterocycles. The van der Waals surface area contributed by atoms with Crippen molar-refractivity contribution in [3.63, 3.8) is 0 Å². The minimum atomic E-state index is -0.389. The Bertz CT molecular complexity index is 957. The highest BCUT2D eigenvalue weighted by atomic mass is 16.5.